The van der Waals surface area contributed by atoms with E-state index in [1.807, 2.05) is 6.82 Å². The van der Waals surface area contributed by atoms with Crippen LogP contribution >= 0.6 is 0 Å². The van der Waals surface area contributed by atoms with Gasteiger partial charge in [0.15, 0.2) is 22.9 Å². The summed E-state index contributed by atoms with van der Waals surface area (Å²) in [7, 11) is -2.04. The van der Waals surface area contributed by atoms with E-state index in [-0.39, 0.29) is 31.5 Å². The van der Waals surface area contributed by atoms with Crippen LogP contribution in [0, 0.1) is 0 Å². The van der Waals surface area contributed by atoms with Gasteiger partial charge in [0.25, 0.3) is 0 Å². The molecule has 2 aliphatic heterocycles. The molecule has 5 unspecified atom stereocenters. The Balaban J connectivity index is 2.14. The summed E-state index contributed by atoms with van der Waals surface area (Å²) in [5, 5.41) is 0. The van der Waals surface area contributed by atoms with Gasteiger partial charge in [-0.15, -0.1) is 0 Å². The second-order valence-electron chi connectivity index (χ2n) is 8.17. The van der Waals surface area contributed by atoms with Gasteiger partial charge in [0.05, 0.1) is 18.8 Å². The zero-order valence-corrected chi connectivity index (χ0v) is 17.6. The number of ether oxygens (including phenoxy) is 2. The molecule has 0 spiro atoms. The minimum Gasteiger partial charge on any atom is -0.415 e. The van der Waals surface area contributed by atoms with Crippen LogP contribution in [0.2, 0.25) is 46.1 Å². The average molecular weight is 362 g/mol. The van der Waals surface area contributed by atoms with E-state index in [9.17, 15) is 0 Å². The lowest BCUT2D eigenvalue weighted by molar-refractivity contribution is -0.269. The Morgan fingerprint density at radius 2 is 1.57 bits per heavy atom. The van der Waals surface area contributed by atoms with E-state index in [1.54, 1.807) is 7.11 Å². The van der Waals surface area contributed by atoms with Crippen molar-refractivity contribution in [3.63, 3.8) is 0 Å². The molecule has 2 fully saturated rings. The molecule has 0 aromatic carbocycles. The first-order valence-corrected chi connectivity index (χ1v) is 15.1. The molecule has 2 heterocycles. The van der Waals surface area contributed by atoms with Crippen LogP contribution in [0.25, 0.3) is 0 Å². The highest BCUT2D eigenvalue weighted by atomic mass is 28.4. The van der Waals surface area contributed by atoms with Gasteiger partial charge in [-0.1, -0.05) is 0 Å². The maximum atomic E-state index is 6.29. The van der Waals surface area contributed by atoms with Crippen LogP contribution in [-0.4, -0.2) is 68.2 Å². The quantitative estimate of drug-likeness (QED) is 0.676. The van der Waals surface area contributed by atoms with Crippen molar-refractivity contribution in [2.24, 2.45) is 0 Å². The minimum atomic E-state index is -1.77. The van der Waals surface area contributed by atoms with Crippen LogP contribution in [0.3, 0.4) is 0 Å². The predicted octanol–water partition coefficient (Wildman–Crippen LogP) is 2.33. The lowest BCUT2D eigenvalue weighted by Gasteiger charge is -2.44. The number of methoxy groups -OCH3 is 1. The molecule has 23 heavy (non-hydrogen) atoms. The van der Waals surface area contributed by atoms with Crippen molar-refractivity contribution in [1.29, 1.82) is 0 Å². The highest BCUT2D eigenvalue weighted by molar-refractivity contribution is 6.70. The summed E-state index contributed by atoms with van der Waals surface area (Å²) in [4.78, 5) is 0. The van der Waals surface area contributed by atoms with E-state index < -0.39 is 22.9 Å². The molecule has 6 nitrogen and oxygen atoms in total. The van der Waals surface area contributed by atoms with Crippen LogP contribution in [0.4, 0.5) is 0 Å². The third kappa shape index (κ3) is 5.37. The zero-order chi connectivity index (χ0) is 17.4. The first kappa shape index (κ1) is 19.6. The van der Waals surface area contributed by atoms with Gasteiger partial charge in [0, 0.05) is 7.11 Å². The largest absolute Gasteiger partial charge is 0.454 e. The van der Waals surface area contributed by atoms with Crippen LogP contribution in [0.5, 0.6) is 0 Å². The molecule has 0 aliphatic carbocycles. The molecule has 2 aliphatic rings. The Morgan fingerprint density at radius 1 is 0.957 bits per heavy atom. The average Bonchev–Trinajstić information content (AvgIpc) is 2.77. The normalized spacial score (nSPS) is 35.5. The molecule has 0 aromatic rings. The summed E-state index contributed by atoms with van der Waals surface area (Å²) in [6.45, 7) is 15.3. The third-order valence-corrected chi connectivity index (χ3v) is 5.70. The number of fused-ring (bicyclic) bond motifs is 1. The van der Waals surface area contributed by atoms with Gasteiger partial charge in [0.1, 0.15) is 12.2 Å². The van der Waals surface area contributed by atoms with Crippen LogP contribution in [-0.2, 0) is 27.6 Å². The van der Waals surface area contributed by atoms with Crippen LogP contribution < -0.4 is 0 Å². The Labute approximate surface area is 142 Å². The molecular weight excluding hydrogens is 331 g/mol. The van der Waals surface area contributed by atoms with E-state index in [1.165, 1.54) is 0 Å². The van der Waals surface area contributed by atoms with Gasteiger partial charge in [0.2, 0.25) is 0 Å². The van der Waals surface area contributed by atoms with Gasteiger partial charge in [-0.25, -0.2) is 0 Å². The molecule has 0 radical (unpaired) electrons. The van der Waals surface area contributed by atoms with E-state index in [0.717, 1.165) is 0 Å². The fraction of sp³-hybridized carbons (Fsp3) is 1.00. The summed E-state index contributed by atoms with van der Waals surface area (Å²) in [6.07, 6.45) is -1.32. The molecule has 134 valence electrons. The van der Waals surface area contributed by atoms with Crippen molar-refractivity contribution in [3.8, 4) is 0 Å². The molecule has 0 saturated carbocycles. The maximum Gasteiger partial charge on any atom is 0.454 e. The van der Waals surface area contributed by atoms with Crippen LogP contribution in [0.15, 0.2) is 0 Å². The lowest BCUT2D eigenvalue weighted by atomic mass is 9.97. The summed E-state index contributed by atoms with van der Waals surface area (Å²) in [5.41, 5.74) is 0. The summed E-state index contributed by atoms with van der Waals surface area (Å²) in [5.74, 6) is 0. The highest BCUT2D eigenvalue weighted by Gasteiger charge is 2.54. The van der Waals surface area contributed by atoms with Crippen molar-refractivity contribution >= 4 is 23.8 Å². The number of rotatable bonds is 6. The molecule has 5 atom stereocenters. The Bertz CT molecular complexity index is 400. The van der Waals surface area contributed by atoms with Crippen molar-refractivity contribution in [2.75, 3.05) is 13.7 Å². The minimum absolute atomic E-state index is 0.186. The first-order chi connectivity index (χ1) is 10.5. The van der Waals surface area contributed by atoms with Crippen molar-refractivity contribution in [1.82, 2.24) is 0 Å². The van der Waals surface area contributed by atoms with Crippen LogP contribution in [0.1, 0.15) is 0 Å². The second kappa shape index (κ2) is 7.25. The predicted molar refractivity (Wildman–Crippen MR) is 94.6 cm³/mol. The van der Waals surface area contributed by atoms with Crippen molar-refractivity contribution in [2.45, 2.75) is 76.8 Å². The molecule has 0 amide bonds. The fourth-order valence-corrected chi connectivity index (χ4v) is 4.59. The van der Waals surface area contributed by atoms with Gasteiger partial charge in [-0.3, -0.25) is 0 Å². The number of hydrogen-bond acceptors (Lipinski definition) is 6. The van der Waals surface area contributed by atoms with Gasteiger partial charge < -0.3 is 27.6 Å². The summed E-state index contributed by atoms with van der Waals surface area (Å²) in [6, 6.07) is 0. The monoisotopic (exact) mass is 362 g/mol. The van der Waals surface area contributed by atoms with E-state index in [4.69, 9.17) is 27.6 Å². The summed E-state index contributed by atoms with van der Waals surface area (Å²) >= 11 is 0. The molecule has 9 heteroatoms. The smallest absolute Gasteiger partial charge is 0.415 e. The van der Waals surface area contributed by atoms with Gasteiger partial charge in [-0.2, -0.15) is 0 Å². The van der Waals surface area contributed by atoms with E-state index in [0.29, 0.717) is 6.61 Å². The highest BCUT2D eigenvalue weighted by Crippen LogP contribution is 2.35. The fourth-order valence-electron chi connectivity index (χ4n) is 2.86. The second-order valence-corrected chi connectivity index (χ2v) is 17.1. The summed E-state index contributed by atoms with van der Waals surface area (Å²) < 4.78 is 35.9. The first-order valence-electron chi connectivity index (χ1n) is 8.31. The van der Waals surface area contributed by atoms with Crippen molar-refractivity contribution < 1.29 is 27.6 Å². The molecular formula is C14H31BO6Si2. The molecule has 0 N–H and O–H groups in total. The molecule has 0 bridgehead atoms. The van der Waals surface area contributed by atoms with Crippen molar-refractivity contribution in [3.05, 3.63) is 0 Å². The zero-order valence-electron chi connectivity index (χ0n) is 15.6. The molecule has 2 rings (SSSR count). The maximum absolute atomic E-state index is 6.29. The number of hydrogen-bond donors (Lipinski definition) is 0. The topological polar surface area (TPSA) is 55.4 Å². The standard InChI is InChI=1S/C14H31BO6Si2/c1-15-19-11-10(9-17-22(3,4)5)18-14(16-2)13(12(11)20-15)21-23(6,7)8/h10-14H,9H2,1-8H3. The van der Waals surface area contributed by atoms with Gasteiger partial charge >= 0.3 is 7.12 Å². The van der Waals surface area contributed by atoms with E-state index >= 15 is 0 Å². The molecule has 2 saturated heterocycles. The lowest BCUT2D eigenvalue weighted by Crippen LogP contribution is -2.61. The van der Waals surface area contributed by atoms with Gasteiger partial charge in [-0.05, 0) is 46.1 Å². The molecule has 0 aromatic heterocycles. The Hall–Kier alpha value is 0.259. The SMILES string of the molecule is COC1OC(CO[Si](C)(C)C)C2OB(C)OC2C1O[Si](C)(C)C. The Kier molecular flexibility index (Phi) is 6.17. The van der Waals surface area contributed by atoms with E-state index in [2.05, 4.69) is 39.3 Å². The Morgan fingerprint density at radius 3 is 2.09 bits per heavy atom. The third-order valence-electron chi connectivity index (χ3n) is 3.69.